The lowest BCUT2D eigenvalue weighted by Crippen LogP contribution is -2.03. The summed E-state index contributed by atoms with van der Waals surface area (Å²) in [6.07, 6.45) is -4.30. The highest BCUT2D eigenvalue weighted by Gasteiger charge is 2.30. The quantitative estimate of drug-likeness (QED) is 0.766. The van der Waals surface area contributed by atoms with E-state index in [9.17, 15) is 13.2 Å². The molecule has 0 saturated carbocycles. The Balaban J connectivity index is 2.33. The Morgan fingerprint density at radius 3 is 2.12 bits per heavy atom. The van der Waals surface area contributed by atoms with Gasteiger partial charge in [0.2, 0.25) is 0 Å². The van der Waals surface area contributed by atoms with Crippen LogP contribution in [0.4, 0.5) is 13.2 Å². The zero-order valence-electron chi connectivity index (χ0n) is 8.25. The van der Waals surface area contributed by atoms with Crippen LogP contribution in [-0.4, -0.2) is 10.2 Å². The first-order valence-electron chi connectivity index (χ1n) is 4.44. The van der Waals surface area contributed by atoms with Crippen LogP contribution in [0.15, 0.2) is 24.3 Å². The molecule has 2 rings (SSSR count). The molecule has 0 fully saturated rings. The van der Waals surface area contributed by atoms with E-state index in [1.165, 1.54) is 23.5 Å². The number of benzene rings is 1. The van der Waals surface area contributed by atoms with Crippen LogP contribution < -0.4 is 0 Å². The van der Waals surface area contributed by atoms with Gasteiger partial charge in [0.1, 0.15) is 10.0 Å². The fourth-order valence-electron chi connectivity index (χ4n) is 1.22. The van der Waals surface area contributed by atoms with Gasteiger partial charge < -0.3 is 0 Å². The van der Waals surface area contributed by atoms with Gasteiger partial charge in [-0.2, -0.15) is 13.2 Å². The smallest absolute Gasteiger partial charge is 0.166 e. The van der Waals surface area contributed by atoms with Crippen molar-refractivity contribution in [3.05, 3.63) is 34.8 Å². The maximum Gasteiger partial charge on any atom is 0.416 e. The van der Waals surface area contributed by atoms with Crippen molar-refractivity contribution in [2.24, 2.45) is 0 Å². The van der Waals surface area contributed by atoms with E-state index in [0.717, 1.165) is 17.1 Å². The Bertz CT molecular complexity index is 488. The number of hydrogen-bond donors (Lipinski definition) is 0. The summed E-state index contributed by atoms with van der Waals surface area (Å²) in [5, 5.41) is 9.09. The fourth-order valence-corrected chi connectivity index (χ4v) is 1.91. The predicted molar refractivity (Wildman–Crippen MR) is 55.1 cm³/mol. The molecule has 0 unspecified atom stereocenters. The Kier molecular flexibility index (Phi) is 2.67. The monoisotopic (exact) mass is 244 g/mol. The summed E-state index contributed by atoms with van der Waals surface area (Å²) in [6.45, 7) is 1.80. The van der Waals surface area contributed by atoms with Crippen molar-refractivity contribution < 1.29 is 13.2 Å². The summed E-state index contributed by atoms with van der Waals surface area (Å²) in [7, 11) is 0. The topological polar surface area (TPSA) is 25.8 Å². The molecule has 84 valence electrons. The predicted octanol–water partition coefficient (Wildman–Crippen LogP) is 3.53. The van der Waals surface area contributed by atoms with Crippen LogP contribution in [0.2, 0.25) is 0 Å². The number of nitrogens with zero attached hydrogens (tertiary/aromatic N) is 2. The number of aromatic nitrogens is 2. The van der Waals surface area contributed by atoms with Gasteiger partial charge in [0.05, 0.1) is 5.56 Å². The normalized spacial score (nSPS) is 11.8. The van der Waals surface area contributed by atoms with E-state index in [0.29, 0.717) is 10.6 Å². The molecule has 2 aromatic rings. The standard InChI is InChI=1S/C10H7F3N2S/c1-6-14-15-9(16-6)7-2-4-8(5-3-7)10(11,12)13/h2-5H,1H3. The molecule has 1 aromatic carbocycles. The molecule has 0 N–H and O–H groups in total. The van der Waals surface area contributed by atoms with E-state index in [2.05, 4.69) is 10.2 Å². The lowest BCUT2D eigenvalue weighted by atomic mass is 10.1. The van der Waals surface area contributed by atoms with Gasteiger partial charge >= 0.3 is 6.18 Å². The molecule has 2 nitrogen and oxygen atoms in total. The molecular weight excluding hydrogens is 237 g/mol. The summed E-state index contributed by atoms with van der Waals surface area (Å²) in [4.78, 5) is 0. The van der Waals surface area contributed by atoms with Gasteiger partial charge in [-0.05, 0) is 19.1 Å². The van der Waals surface area contributed by atoms with Gasteiger partial charge in [-0.1, -0.05) is 23.5 Å². The average Bonchev–Trinajstić information content (AvgIpc) is 2.64. The molecule has 0 saturated heterocycles. The number of aryl methyl sites for hydroxylation is 1. The molecule has 6 heteroatoms. The number of rotatable bonds is 1. The Morgan fingerprint density at radius 2 is 1.69 bits per heavy atom. The van der Waals surface area contributed by atoms with Crippen molar-refractivity contribution in [3.8, 4) is 10.6 Å². The van der Waals surface area contributed by atoms with Crippen molar-refractivity contribution in [1.82, 2.24) is 10.2 Å². The molecule has 1 heterocycles. The van der Waals surface area contributed by atoms with Gasteiger partial charge in [0.15, 0.2) is 0 Å². The van der Waals surface area contributed by atoms with E-state index in [-0.39, 0.29) is 0 Å². The van der Waals surface area contributed by atoms with Crippen molar-refractivity contribution in [3.63, 3.8) is 0 Å². The van der Waals surface area contributed by atoms with Crippen LogP contribution in [0.25, 0.3) is 10.6 Å². The summed E-state index contributed by atoms with van der Waals surface area (Å²) in [5.74, 6) is 0. The maximum atomic E-state index is 12.3. The Morgan fingerprint density at radius 1 is 1.06 bits per heavy atom. The summed E-state index contributed by atoms with van der Waals surface area (Å²) >= 11 is 1.35. The zero-order chi connectivity index (χ0) is 11.8. The summed E-state index contributed by atoms with van der Waals surface area (Å²) < 4.78 is 36.9. The second kappa shape index (κ2) is 3.86. The highest BCUT2D eigenvalue weighted by atomic mass is 32.1. The minimum absolute atomic E-state index is 0.631. The van der Waals surface area contributed by atoms with E-state index < -0.39 is 11.7 Å². The summed E-state index contributed by atoms with van der Waals surface area (Å²) in [6, 6.07) is 4.91. The molecule has 1 aromatic heterocycles. The van der Waals surface area contributed by atoms with Gasteiger partial charge in [-0.25, -0.2) is 0 Å². The highest BCUT2D eigenvalue weighted by molar-refractivity contribution is 7.14. The van der Waals surface area contributed by atoms with Gasteiger partial charge in [0.25, 0.3) is 0 Å². The van der Waals surface area contributed by atoms with E-state index >= 15 is 0 Å². The van der Waals surface area contributed by atoms with Crippen LogP contribution in [-0.2, 0) is 6.18 Å². The van der Waals surface area contributed by atoms with Gasteiger partial charge in [0, 0.05) is 5.56 Å². The third kappa shape index (κ3) is 2.21. The first-order valence-corrected chi connectivity index (χ1v) is 5.26. The van der Waals surface area contributed by atoms with Crippen LogP contribution in [0.3, 0.4) is 0 Å². The minimum atomic E-state index is -4.30. The van der Waals surface area contributed by atoms with Crippen molar-refractivity contribution in [2.45, 2.75) is 13.1 Å². The number of halogens is 3. The molecule has 0 bridgehead atoms. The molecule has 0 radical (unpaired) electrons. The SMILES string of the molecule is Cc1nnc(-c2ccc(C(F)(F)F)cc2)s1. The van der Waals surface area contributed by atoms with Crippen LogP contribution >= 0.6 is 11.3 Å². The lowest BCUT2D eigenvalue weighted by Gasteiger charge is -2.06. The average molecular weight is 244 g/mol. The maximum absolute atomic E-state index is 12.3. The first kappa shape index (κ1) is 11.1. The lowest BCUT2D eigenvalue weighted by molar-refractivity contribution is -0.137. The van der Waals surface area contributed by atoms with Crippen molar-refractivity contribution in [1.29, 1.82) is 0 Å². The van der Waals surface area contributed by atoms with E-state index in [1.807, 2.05) is 0 Å². The zero-order valence-corrected chi connectivity index (χ0v) is 9.06. The van der Waals surface area contributed by atoms with Crippen LogP contribution in [0.5, 0.6) is 0 Å². The molecule has 0 amide bonds. The molecule has 0 atom stereocenters. The first-order chi connectivity index (χ1) is 7.47. The van der Waals surface area contributed by atoms with Crippen molar-refractivity contribution >= 4 is 11.3 Å². The molecule has 16 heavy (non-hydrogen) atoms. The molecule has 0 aliphatic heterocycles. The van der Waals surface area contributed by atoms with Gasteiger partial charge in [-0.3, -0.25) is 0 Å². The van der Waals surface area contributed by atoms with Crippen LogP contribution in [0.1, 0.15) is 10.6 Å². The number of alkyl halides is 3. The third-order valence-electron chi connectivity index (χ3n) is 1.99. The molecular formula is C10H7F3N2S. The van der Waals surface area contributed by atoms with E-state index in [1.54, 1.807) is 6.92 Å². The third-order valence-corrected chi connectivity index (χ3v) is 2.87. The second-order valence-corrected chi connectivity index (χ2v) is 4.38. The Hall–Kier alpha value is -1.43. The van der Waals surface area contributed by atoms with Crippen LogP contribution in [0, 0.1) is 6.92 Å². The van der Waals surface area contributed by atoms with Gasteiger partial charge in [-0.15, -0.1) is 10.2 Å². The summed E-state index contributed by atoms with van der Waals surface area (Å²) in [5.41, 5.74) is -0.00362. The van der Waals surface area contributed by atoms with E-state index in [4.69, 9.17) is 0 Å². The Labute approximate surface area is 93.8 Å². The number of hydrogen-bond acceptors (Lipinski definition) is 3. The fraction of sp³-hybridized carbons (Fsp3) is 0.200. The molecule has 0 aliphatic rings. The highest BCUT2D eigenvalue weighted by Crippen LogP contribution is 2.31. The second-order valence-electron chi connectivity index (χ2n) is 3.20. The molecule has 0 aliphatic carbocycles. The molecule has 0 spiro atoms. The largest absolute Gasteiger partial charge is 0.416 e. The van der Waals surface area contributed by atoms with Crippen molar-refractivity contribution in [2.75, 3.05) is 0 Å². The minimum Gasteiger partial charge on any atom is -0.166 e.